The van der Waals surface area contributed by atoms with Crippen LogP contribution in [-0.2, 0) is 20.6 Å². The molecule has 222 valence electrons. The minimum atomic E-state index is -4.39. The van der Waals surface area contributed by atoms with Gasteiger partial charge in [-0.15, -0.1) is 0 Å². The Labute approximate surface area is 242 Å². The summed E-state index contributed by atoms with van der Waals surface area (Å²) >= 11 is 0. The van der Waals surface area contributed by atoms with Crippen molar-refractivity contribution in [1.82, 2.24) is 0 Å². The topological polar surface area (TPSA) is 18.5 Å². The lowest BCUT2D eigenvalue weighted by Crippen LogP contribution is -2.54. The summed E-state index contributed by atoms with van der Waals surface area (Å²) in [5, 5.41) is 0.00283. The summed E-state index contributed by atoms with van der Waals surface area (Å²) in [5.41, 5.74) is 1.44. The smallest absolute Gasteiger partial charge is 0.416 e. The van der Waals surface area contributed by atoms with Crippen LogP contribution in [0.1, 0.15) is 91.3 Å². The molecule has 2 nitrogen and oxygen atoms in total. The van der Waals surface area contributed by atoms with Crippen molar-refractivity contribution in [2.75, 3.05) is 0 Å². The molecule has 0 fully saturated rings. The van der Waals surface area contributed by atoms with Crippen LogP contribution in [0.2, 0.25) is 34.8 Å². The number of rotatable bonds is 9. The number of benzene rings is 2. The van der Waals surface area contributed by atoms with Crippen molar-refractivity contribution < 1.29 is 22.0 Å². The van der Waals surface area contributed by atoms with Crippen LogP contribution in [0.15, 0.2) is 66.4 Å². The molecule has 7 heteroatoms. The minimum absolute atomic E-state index is 0.00283. The second kappa shape index (κ2) is 11.4. The van der Waals surface area contributed by atoms with Gasteiger partial charge in [0.25, 0.3) is 0 Å². The molecule has 1 aliphatic rings. The monoisotopic (exact) mass is 590 g/mol. The highest BCUT2D eigenvalue weighted by Gasteiger charge is 2.56. The molecule has 40 heavy (non-hydrogen) atoms. The van der Waals surface area contributed by atoms with Crippen LogP contribution in [0.25, 0.3) is 0 Å². The molecular formula is C33H49F3O2Si2. The van der Waals surface area contributed by atoms with E-state index in [9.17, 15) is 13.2 Å². The van der Waals surface area contributed by atoms with Crippen LogP contribution in [-0.4, -0.2) is 16.6 Å². The molecule has 0 N–H and O–H groups in total. The van der Waals surface area contributed by atoms with Crippen LogP contribution < -0.4 is 0 Å². The van der Waals surface area contributed by atoms with E-state index in [1.165, 1.54) is 12.1 Å². The Bertz CT molecular complexity index is 1140. The molecule has 0 saturated heterocycles. The Balaban J connectivity index is 2.30. The van der Waals surface area contributed by atoms with Gasteiger partial charge < -0.3 is 8.85 Å². The molecule has 0 heterocycles. The molecular weight excluding hydrogens is 542 g/mol. The van der Waals surface area contributed by atoms with Crippen molar-refractivity contribution in [3.05, 3.63) is 83.1 Å². The normalized spacial score (nSPS) is 20.9. The van der Waals surface area contributed by atoms with E-state index in [0.717, 1.165) is 16.9 Å². The summed E-state index contributed by atoms with van der Waals surface area (Å²) in [4.78, 5) is 0. The van der Waals surface area contributed by atoms with Gasteiger partial charge in [0, 0.05) is 12.3 Å². The van der Waals surface area contributed by atoms with Crippen LogP contribution in [0.3, 0.4) is 0 Å². The standard InChI is InChI=1S/C33H49F3O2Si2/c1-23(2)40(24(3)4,25(5)6)38-32(27-15-13-12-14-16-27)22-29(37-39(10,11)31(7,8)9)21-30(32)26-17-19-28(20-18-26)33(34,35)36/h12-21,23-25,30H,22H2,1-11H3. The van der Waals surface area contributed by atoms with E-state index in [0.29, 0.717) is 23.0 Å². The van der Waals surface area contributed by atoms with Gasteiger partial charge in [-0.3, -0.25) is 0 Å². The lowest BCUT2D eigenvalue weighted by atomic mass is 9.79. The molecule has 2 aromatic rings. The molecule has 0 saturated carbocycles. The summed E-state index contributed by atoms with van der Waals surface area (Å²) in [6, 6.07) is 15.9. The maximum Gasteiger partial charge on any atom is 0.416 e. The van der Waals surface area contributed by atoms with E-state index >= 15 is 0 Å². The Kier molecular flexibility index (Phi) is 9.35. The fourth-order valence-electron chi connectivity index (χ4n) is 6.37. The van der Waals surface area contributed by atoms with Crippen molar-refractivity contribution in [3.63, 3.8) is 0 Å². The molecule has 1 aliphatic carbocycles. The summed E-state index contributed by atoms with van der Waals surface area (Å²) in [6.07, 6.45) is -1.69. The molecule has 0 amide bonds. The van der Waals surface area contributed by atoms with E-state index < -0.39 is 34.0 Å². The van der Waals surface area contributed by atoms with Gasteiger partial charge >= 0.3 is 6.18 Å². The molecule has 2 atom stereocenters. The van der Waals surface area contributed by atoms with Crippen molar-refractivity contribution in [1.29, 1.82) is 0 Å². The van der Waals surface area contributed by atoms with E-state index in [1.54, 1.807) is 12.1 Å². The number of hydrogen-bond acceptors (Lipinski definition) is 2. The highest BCUT2D eigenvalue weighted by atomic mass is 28.4. The Morgan fingerprint density at radius 2 is 1.30 bits per heavy atom. The van der Waals surface area contributed by atoms with Gasteiger partial charge in [-0.25, -0.2) is 0 Å². The van der Waals surface area contributed by atoms with Gasteiger partial charge in [-0.1, -0.05) is 105 Å². The second-order valence-electron chi connectivity index (χ2n) is 13.9. The van der Waals surface area contributed by atoms with Gasteiger partial charge in [0.2, 0.25) is 16.6 Å². The second-order valence-corrected chi connectivity index (χ2v) is 24.0. The first kappa shape index (κ1) is 32.7. The Hall–Kier alpha value is -1.84. The lowest BCUT2D eigenvalue weighted by Gasteiger charge is -2.51. The fourth-order valence-corrected chi connectivity index (χ4v) is 13.1. The zero-order chi connectivity index (χ0) is 30.3. The third-order valence-corrected chi connectivity index (χ3v) is 19.9. The molecule has 0 spiro atoms. The number of halogens is 3. The predicted octanol–water partition coefficient (Wildman–Crippen LogP) is 11.2. The molecule has 2 aromatic carbocycles. The SMILES string of the molecule is CC(C)[Si](OC1(c2ccccc2)CC(O[Si](C)(C)C(C)(C)C)=CC1c1ccc(C(F)(F)F)cc1)(C(C)C)C(C)C. The van der Waals surface area contributed by atoms with E-state index in [1.807, 2.05) is 18.2 Å². The lowest BCUT2D eigenvalue weighted by molar-refractivity contribution is -0.137. The molecule has 2 unspecified atom stereocenters. The van der Waals surface area contributed by atoms with Crippen molar-refractivity contribution in [3.8, 4) is 0 Å². The largest absolute Gasteiger partial charge is 0.547 e. The maximum atomic E-state index is 13.5. The minimum Gasteiger partial charge on any atom is -0.547 e. The fraction of sp³-hybridized carbons (Fsp3) is 0.576. The first-order valence-corrected chi connectivity index (χ1v) is 19.7. The average Bonchev–Trinajstić information content (AvgIpc) is 3.19. The van der Waals surface area contributed by atoms with Crippen LogP contribution in [0.4, 0.5) is 13.2 Å². The Morgan fingerprint density at radius 3 is 1.73 bits per heavy atom. The van der Waals surface area contributed by atoms with Gasteiger partial charge in [-0.05, 0) is 64.1 Å². The number of alkyl halides is 3. The zero-order valence-electron chi connectivity index (χ0n) is 26.2. The van der Waals surface area contributed by atoms with Crippen molar-refractivity contribution >= 4 is 16.6 Å². The van der Waals surface area contributed by atoms with E-state index in [-0.39, 0.29) is 11.0 Å². The predicted molar refractivity (Wildman–Crippen MR) is 165 cm³/mol. The van der Waals surface area contributed by atoms with Gasteiger partial charge in [0.15, 0.2) is 0 Å². The Morgan fingerprint density at radius 1 is 0.800 bits per heavy atom. The maximum absolute atomic E-state index is 13.5. The van der Waals surface area contributed by atoms with E-state index in [2.05, 4.69) is 93.6 Å². The van der Waals surface area contributed by atoms with E-state index in [4.69, 9.17) is 8.85 Å². The third-order valence-electron chi connectivity index (χ3n) is 9.41. The molecule has 0 bridgehead atoms. The highest BCUT2D eigenvalue weighted by molar-refractivity contribution is 6.77. The average molecular weight is 591 g/mol. The molecule has 0 aliphatic heterocycles. The van der Waals surface area contributed by atoms with Crippen molar-refractivity contribution in [2.24, 2.45) is 0 Å². The summed E-state index contributed by atoms with van der Waals surface area (Å²) in [5.74, 6) is 0.597. The quantitative estimate of drug-likeness (QED) is 0.270. The summed E-state index contributed by atoms with van der Waals surface area (Å²) < 4.78 is 55.2. The highest BCUT2D eigenvalue weighted by Crippen LogP contribution is 2.57. The molecule has 0 radical (unpaired) electrons. The third kappa shape index (κ3) is 6.17. The van der Waals surface area contributed by atoms with Crippen LogP contribution in [0.5, 0.6) is 0 Å². The van der Waals surface area contributed by atoms with Gasteiger partial charge in [0.1, 0.15) is 0 Å². The molecule has 0 aromatic heterocycles. The van der Waals surface area contributed by atoms with Gasteiger partial charge in [0.05, 0.1) is 16.9 Å². The first-order valence-electron chi connectivity index (χ1n) is 14.6. The van der Waals surface area contributed by atoms with Crippen molar-refractivity contribution in [2.45, 2.75) is 121 Å². The number of hydrogen-bond donors (Lipinski definition) is 0. The van der Waals surface area contributed by atoms with Gasteiger partial charge in [-0.2, -0.15) is 13.2 Å². The summed E-state index contributed by atoms with van der Waals surface area (Å²) in [6.45, 7) is 24.8. The first-order chi connectivity index (χ1) is 18.3. The molecule has 3 rings (SSSR count). The zero-order valence-corrected chi connectivity index (χ0v) is 28.2. The summed E-state index contributed by atoms with van der Waals surface area (Å²) in [7, 11) is -4.63. The van der Waals surface area contributed by atoms with Crippen LogP contribution in [0, 0.1) is 0 Å². The van der Waals surface area contributed by atoms with Crippen LogP contribution >= 0.6 is 0 Å².